The fraction of sp³-hybridized carbons (Fsp3) is 0.0909. The van der Waals surface area contributed by atoms with Crippen molar-refractivity contribution in [1.29, 1.82) is 0 Å². The van der Waals surface area contributed by atoms with Gasteiger partial charge in [0.2, 0.25) is 0 Å². The molecule has 1 aromatic carbocycles. The van der Waals surface area contributed by atoms with Crippen molar-refractivity contribution in [2.24, 2.45) is 0 Å². The molecule has 0 aliphatic carbocycles. The fourth-order valence-corrected chi connectivity index (χ4v) is 3.75. The first-order valence-corrected chi connectivity index (χ1v) is 10.3. The molecule has 0 aliphatic heterocycles. The van der Waals surface area contributed by atoms with Gasteiger partial charge in [-0.3, -0.25) is 0 Å². The molecule has 0 bridgehead atoms. The fourth-order valence-electron chi connectivity index (χ4n) is 3.30. The highest BCUT2D eigenvalue weighted by atomic mass is 79.9. The van der Waals surface area contributed by atoms with Gasteiger partial charge >= 0.3 is 0 Å². The Morgan fingerprint density at radius 2 is 1.93 bits per heavy atom. The number of pyridine rings is 2. The zero-order chi connectivity index (χ0) is 20.5. The van der Waals surface area contributed by atoms with Crippen LogP contribution in [0.25, 0.3) is 22.7 Å². The maximum absolute atomic E-state index is 4.79. The average molecular weight is 460 g/mol. The molecule has 0 saturated carbocycles. The van der Waals surface area contributed by atoms with Gasteiger partial charge in [-0.2, -0.15) is 5.10 Å². The molecule has 0 spiro atoms. The predicted octanol–water partition coefficient (Wildman–Crippen LogP) is 4.66. The van der Waals surface area contributed by atoms with Gasteiger partial charge in [0.05, 0.1) is 5.69 Å². The van der Waals surface area contributed by atoms with Crippen LogP contribution in [0.1, 0.15) is 11.3 Å². The van der Waals surface area contributed by atoms with Crippen LogP contribution in [-0.4, -0.2) is 29.4 Å². The summed E-state index contributed by atoms with van der Waals surface area (Å²) in [5.41, 5.74) is 4.79. The van der Waals surface area contributed by atoms with Crippen LogP contribution in [0.15, 0.2) is 77.7 Å². The normalized spacial score (nSPS) is 11.1. The molecular formula is C22H18BrN7. The number of benzene rings is 1. The molecule has 4 heterocycles. The van der Waals surface area contributed by atoms with Gasteiger partial charge < -0.3 is 5.32 Å². The summed E-state index contributed by atoms with van der Waals surface area (Å²) < 4.78 is 4.66. The van der Waals surface area contributed by atoms with Gasteiger partial charge in [0.1, 0.15) is 12.1 Å². The molecule has 5 rings (SSSR count). The Hall–Kier alpha value is -3.52. The second kappa shape index (κ2) is 7.72. The molecule has 1 N–H and O–H groups in total. The Bertz CT molecular complexity index is 1340. The summed E-state index contributed by atoms with van der Waals surface area (Å²) in [7, 11) is 0. The Morgan fingerprint density at radius 3 is 2.80 bits per heavy atom. The largest absolute Gasteiger partial charge is 0.364 e. The van der Waals surface area contributed by atoms with Gasteiger partial charge in [0.15, 0.2) is 11.5 Å². The third kappa shape index (κ3) is 3.69. The van der Waals surface area contributed by atoms with Gasteiger partial charge in [0.25, 0.3) is 0 Å². The van der Waals surface area contributed by atoms with Crippen molar-refractivity contribution in [3.05, 3.63) is 88.9 Å². The van der Waals surface area contributed by atoms with Crippen molar-refractivity contribution in [2.45, 2.75) is 13.5 Å². The van der Waals surface area contributed by atoms with Gasteiger partial charge in [-0.25, -0.2) is 19.2 Å². The molecule has 4 aromatic heterocycles. The van der Waals surface area contributed by atoms with Crippen LogP contribution in [0, 0.1) is 6.92 Å². The molecule has 8 heteroatoms. The zero-order valence-corrected chi connectivity index (χ0v) is 17.8. The first kappa shape index (κ1) is 18.5. The number of aromatic nitrogens is 6. The van der Waals surface area contributed by atoms with Crippen LogP contribution in [0.4, 0.5) is 5.82 Å². The summed E-state index contributed by atoms with van der Waals surface area (Å²) in [6, 6.07) is 20.1. The summed E-state index contributed by atoms with van der Waals surface area (Å²) in [5, 5.41) is 12.5. The van der Waals surface area contributed by atoms with E-state index >= 15 is 0 Å². The Balaban J connectivity index is 1.55. The van der Waals surface area contributed by atoms with Gasteiger partial charge in [-0.15, -0.1) is 5.10 Å². The number of nitrogens with zero attached hydrogens (tertiary/aromatic N) is 6. The summed E-state index contributed by atoms with van der Waals surface area (Å²) >= 11 is 3.52. The van der Waals surface area contributed by atoms with E-state index in [-0.39, 0.29) is 0 Å². The molecule has 7 nitrogen and oxygen atoms in total. The number of fused-ring (bicyclic) bond motifs is 1. The molecule has 0 unspecified atom stereocenters. The molecule has 0 aliphatic rings. The van der Waals surface area contributed by atoms with E-state index in [4.69, 9.17) is 5.10 Å². The van der Waals surface area contributed by atoms with Crippen LogP contribution in [0.5, 0.6) is 0 Å². The van der Waals surface area contributed by atoms with E-state index in [2.05, 4.69) is 48.4 Å². The van der Waals surface area contributed by atoms with Gasteiger partial charge in [-0.1, -0.05) is 34.1 Å². The van der Waals surface area contributed by atoms with Crippen LogP contribution in [-0.2, 0) is 6.54 Å². The lowest BCUT2D eigenvalue weighted by Gasteiger charge is -2.07. The second-order valence-corrected chi connectivity index (χ2v) is 7.84. The van der Waals surface area contributed by atoms with Crippen molar-refractivity contribution < 1.29 is 0 Å². The third-order valence-electron chi connectivity index (χ3n) is 4.73. The van der Waals surface area contributed by atoms with Crippen molar-refractivity contribution in [3.8, 4) is 17.1 Å². The van der Waals surface area contributed by atoms with Crippen LogP contribution in [0.3, 0.4) is 0 Å². The lowest BCUT2D eigenvalue weighted by atomic mass is 10.2. The number of nitrogens with one attached hydrogen (secondary N) is 1. The van der Waals surface area contributed by atoms with Gasteiger partial charge in [-0.05, 0) is 48.9 Å². The van der Waals surface area contributed by atoms with Crippen molar-refractivity contribution >= 4 is 27.4 Å². The van der Waals surface area contributed by atoms with Gasteiger partial charge in [0, 0.05) is 34.5 Å². The topological polar surface area (TPSA) is 72.9 Å². The maximum Gasteiger partial charge on any atom is 0.155 e. The zero-order valence-electron chi connectivity index (χ0n) is 16.2. The van der Waals surface area contributed by atoms with E-state index < -0.39 is 0 Å². The monoisotopic (exact) mass is 459 g/mol. The van der Waals surface area contributed by atoms with Crippen LogP contribution in [0.2, 0.25) is 0 Å². The van der Waals surface area contributed by atoms with Crippen molar-refractivity contribution in [2.75, 3.05) is 5.32 Å². The minimum atomic E-state index is 0.666. The SMILES string of the molecule is Cc1cccc(-n2nc(NCc3cccc(Br)c3)cc2-c2ccc3ncnn3c2)n1. The first-order chi connectivity index (χ1) is 14.7. The summed E-state index contributed by atoms with van der Waals surface area (Å²) in [6.07, 6.45) is 3.49. The predicted molar refractivity (Wildman–Crippen MR) is 120 cm³/mol. The number of rotatable bonds is 5. The van der Waals surface area contributed by atoms with E-state index in [1.807, 2.05) is 66.3 Å². The highest BCUT2D eigenvalue weighted by Gasteiger charge is 2.14. The Morgan fingerprint density at radius 1 is 1.03 bits per heavy atom. The quantitative estimate of drug-likeness (QED) is 0.413. The summed E-state index contributed by atoms with van der Waals surface area (Å²) in [4.78, 5) is 8.88. The Labute approximate surface area is 181 Å². The van der Waals surface area contributed by atoms with E-state index in [1.54, 1.807) is 10.8 Å². The van der Waals surface area contributed by atoms with Crippen LogP contribution >= 0.6 is 15.9 Å². The number of halogens is 1. The first-order valence-electron chi connectivity index (χ1n) is 9.48. The molecule has 0 amide bonds. The molecule has 0 radical (unpaired) electrons. The number of anilines is 1. The molecule has 5 aromatic rings. The van der Waals surface area contributed by atoms with E-state index in [0.29, 0.717) is 6.54 Å². The average Bonchev–Trinajstić information content (AvgIpc) is 3.39. The number of hydrogen-bond acceptors (Lipinski definition) is 5. The highest BCUT2D eigenvalue weighted by Crippen LogP contribution is 2.26. The van der Waals surface area contributed by atoms with E-state index in [9.17, 15) is 0 Å². The molecule has 0 atom stereocenters. The lowest BCUT2D eigenvalue weighted by Crippen LogP contribution is -2.04. The molecule has 148 valence electrons. The molecular weight excluding hydrogens is 442 g/mol. The minimum absolute atomic E-state index is 0.666. The van der Waals surface area contributed by atoms with Crippen LogP contribution < -0.4 is 5.32 Å². The van der Waals surface area contributed by atoms with Crippen molar-refractivity contribution in [3.63, 3.8) is 0 Å². The van der Waals surface area contributed by atoms with Crippen molar-refractivity contribution in [1.82, 2.24) is 29.4 Å². The highest BCUT2D eigenvalue weighted by molar-refractivity contribution is 9.10. The summed E-state index contributed by atoms with van der Waals surface area (Å²) in [5.74, 6) is 1.53. The van der Waals surface area contributed by atoms with E-state index in [1.165, 1.54) is 0 Å². The minimum Gasteiger partial charge on any atom is -0.364 e. The smallest absolute Gasteiger partial charge is 0.155 e. The number of hydrogen-bond donors (Lipinski definition) is 1. The Kier molecular flexibility index (Phi) is 4.76. The molecule has 0 saturated heterocycles. The third-order valence-corrected chi connectivity index (χ3v) is 5.23. The standard InChI is InChI=1S/C22H18BrN7/c1-15-4-2-7-22(27-15)30-19(17-8-9-21-25-14-26-29(21)13-17)11-20(28-30)24-12-16-5-3-6-18(23)10-16/h2-11,13-14H,12H2,1H3,(H,24,28). The lowest BCUT2D eigenvalue weighted by molar-refractivity contribution is 0.844. The number of aryl methyl sites for hydroxylation is 1. The van der Waals surface area contributed by atoms with E-state index in [0.717, 1.165) is 44.3 Å². The second-order valence-electron chi connectivity index (χ2n) is 6.93. The molecule has 30 heavy (non-hydrogen) atoms. The summed E-state index contributed by atoms with van der Waals surface area (Å²) in [6.45, 7) is 2.64. The molecule has 0 fully saturated rings. The maximum atomic E-state index is 4.79.